The quantitative estimate of drug-likeness (QED) is 0.393. The molecule has 5 aromatic rings. The van der Waals surface area contributed by atoms with Crippen LogP contribution in [0, 0.1) is 0 Å². The van der Waals surface area contributed by atoms with Gasteiger partial charge in [-0.3, -0.25) is 19.6 Å². The van der Waals surface area contributed by atoms with Crippen LogP contribution in [0.2, 0.25) is 0 Å². The lowest BCUT2D eigenvalue weighted by Gasteiger charge is -2.21. The molecule has 1 atom stereocenters. The van der Waals surface area contributed by atoms with E-state index >= 15 is 0 Å². The number of benzene rings is 3. The van der Waals surface area contributed by atoms with Crippen molar-refractivity contribution >= 4 is 33.6 Å². The second-order valence-corrected chi connectivity index (χ2v) is 8.86. The molecule has 3 heterocycles. The number of rotatable bonds is 5. The van der Waals surface area contributed by atoms with Crippen LogP contribution < -0.4 is 5.56 Å². The molecule has 1 N–H and O–H groups in total. The Morgan fingerprint density at radius 3 is 2.54 bits per heavy atom. The van der Waals surface area contributed by atoms with Gasteiger partial charge in [0.1, 0.15) is 6.61 Å². The molecular weight excluding hydrogens is 466 g/mol. The maximum atomic E-state index is 13.6. The van der Waals surface area contributed by atoms with Crippen molar-refractivity contribution in [2.45, 2.75) is 12.5 Å². The third kappa shape index (κ3) is 4.07. The average Bonchev–Trinajstić information content (AvgIpc) is 3.38. The Balaban J connectivity index is 1.53. The number of pyridine rings is 1. The van der Waals surface area contributed by atoms with E-state index in [2.05, 4.69) is 15.0 Å². The van der Waals surface area contributed by atoms with Gasteiger partial charge in [-0.05, 0) is 29.3 Å². The Hall–Kier alpha value is -4.69. The van der Waals surface area contributed by atoms with Crippen molar-refractivity contribution in [3.63, 3.8) is 0 Å². The minimum atomic E-state index is -0.418. The molecular formula is C29H23N5O3. The predicted octanol–water partition coefficient (Wildman–Crippen LogP) is 4.46. The first kappa shape index (κ1) is 22.8. The number of hydrogen-bond acceptors (Lipinski definition) is 6. The number of aromatic amines is 1. The molecule has 0 spiro atoms. The highest BCUT2D eigenvalue weighted by atomic mass is 16.5. The summed E-state index contributed by atoms with van der Waals surface area (Å²) in [7, 11) is 1.47. The average molecular weight is 490 g/mol. The van der Waals surface area contributed by atoms with Gasteiger partial charge in [-0.1, -0.05) is 54.6 Å². The van der Waals surface area contributed by atoms with Gasteiger partial charge in [0, 0.05) is 42.4 Å². The fourth-order valence-corrected chi connectivity index (χ4v) is 4.95. The van der Waals surface area contributed by atoms with E-state index in [-0.39, 0.29) is 18.1 Å². The number of carbonyl (C=O) groups is 1. The van der Waals surface area contributed by atoms with Crippen LogP contribution in [0.3, 0.4) is 0 Å². The molecule has 8 heteroatoms. The lowest BCUT2D eigenvalue weighted by molar-refractivity contribution is -0.137. The van der Waals surface area contributed by atoms with E-state index in [1.165, 1.54) is 12.1 Å². The summed E-state index contributed by atoms with van der Waals surface area (Å²) in [6.45, 7) is -0.125. The van der Waals surface area contributed by atoms with E-state index < -0.39 is 6.04 Å². The van der Waals surface area contributed by atoms with Crippen molar-refractivity contribution in [1.29, 1.82) is 0 Å². The Morgan fingerprint density at radius 1 is 0.973 bits per heavy atom. The molecule has 8 nitrogen and oxygen atoms in total. The maximum Gasteiger partial charge on any atom is 0.269 e. The summed E-state index contributed by atoms with van der Waals surface area (Å²) < 4.78 is 5.14. The van der Waals surface area contributed by atoms with Crippen molar-refractivity contribution in [2.24, 2.45) is 5.10 Å². The van der Waals surface area contributed by atoms with Gasteiger partial charge in [0.2, 0.25) is 0 Å². The van der Waals surface area contributed by atoms with Gasteiger partial charge in [0.05, 0.1) is 28.4 Å². The third-order valence-corrected chi connectivity index (χ3v) is 6.58. The van der Waals surface area contributed by atoms with E-state index in [4.69, 9.17) is 9.84 Å². The van der Waals surface area contributed by atoms with E-state index in [1.807, 2.05) is 72.8 Å². The van der Waals surface area contributed by atoms with Crippen LogP contribution in [0.5, 0.6) is 0 Å². The smallest absolute Gasteiger partial charge is 0.269 e. The van der Waals surface area contributed by atoms with Crippen LogP contribution in [-0.2, 0) is 9.53 Å². The first-order valence-electron chi connectivity index (χ1n) is 11.9. The zero-order valence-corrected chi connectivity index (χ0v) is 20.1. The molecule has 0 aliphatic carbocycles. The normalized spacial score (nSPS) is 15.3. The minimum Gasteiger partial charge on any atom is -0.375 e. The molecule has 37 heavy (non-hydrogen) atoms. The molecule has 6 rings (SSSR count). The van der Waals surface area contributed by atoms with Crippen LogP contribution in [0.1, 0.15) is 23.6 Å². The number of methoxy groups -OCH3 is 1. The number of H-pyrrole nitrogens is 1. The van der Waals surface area contributed by atoms with Crippen molar-refractivity contribution in [1.82, 2.24) is 20.0 Å². The summed E-state index contributed by atoms with van der Waals surface area (Å²) in [5, 5.41) is 7.07. The molecule has 1 aliphatic heterocycles. The highest BCUT2D eigenvalue weighted by Crippen LogP contribution is 2.37. The van der Waals surface area contributed by atoms with Crippen molar-refractivity contribution in [3.8, 4) is 11.1 Å². The number of hydrogen-bond donors (Lipinski definition) is 1. The first-order chi connectivity index (χ1) is 18.1. The summed E-state index contributed by atoms with van der Waals surface area (Å²) in [4.78, 5) is 38.4. The fourth-order valence-electron chi connectivity index (χ4n) is 4.95. The molecule has 0 saturated heterocycles. The third-order valence-electron chi connectivity index (χ3n) is 6.58. The molecule has 0 fully saturated rings. The number of nitrogens with one attached hydrogen (secondary N) is 1. The molecule has 1 amide bonds. The molecule has 0 unspecified atom stereocenters. The fraction of sp³-hybridized carbons (Fsp3) is 0.138. The Bertz CT molecular complexity index is 1730. The number of carbonyl (C=O) groups excluding carboxylic acids is 1. The largest absolute Gasteiger partial charge is 0.375 e. The molecule has 0 bridgehead atoms. The van der Waals surface area contributed by atoms with Gasteiger partial charge >= 0.3 is 0 Å². The zero-order chi connectivity index (χ0) is 25.4. The molecule has 3 aromatic carbocycles. The molecule has 0 saturated carbocycles. The first-order valence-corrected chi connectivity index (χ1v) is 11.9. The number of hydrazone groups is 1. The maximum absolute atomic E-state index is 13.6. The van der Waals surface area contributed by atoms with Crippen LogP contribution in [-0.4, -0.2) is 45.3 Å². The highest BCUT2D eigenvalue weighted by Gasteiger charge is 2.35. The predicted molar refractivity (Wildman–Crippen MR) is 142 cm³/mol. The van der Waals surface area contributed by atoms with Crippen molar-refractivity contribution in [3.05, 3.63) is 107 Å². The van der Waals surface area contributed by atoms with Gasteiger partial charge in [-0.2, -0.15) is 5.10 Å². The summed E-state index contributed by atoms with van der Waals surface area (Å²) >= 11 is 0. The van der Waals surface area contributed by atoms with E-state index in [0.29, 0.717) is 17.7 Å². The number of fused-ring (bicyclic) bond motifs is 2. The van der Waals surface area contributed by atoms with E-state index in [1.54, 1.807) is 12.4 Å². The monoisotopic (exact) mass is 489 g/mol. The SMILES string of the molecule is COCC(=O)N1N=C(c2c(-c3ccccc3)c3ccccc3[nH]c2=O)C[C@@H]1c1ccc2nccnc2c1. The van der Waals surface area contributed by atoms with Gasteiger partial charge in [0.15, 0.2) is 0 Å². The molecule has 2 aromatic heterocycles. The summed E-state index contributed by atoms with van der Waals surface area (Å²) in [5.74, 6) is -0.291. The van der Waals surface area contributed by atoms with Crippen LogP contribution >= 0.6 is 0 Å². The highest BCUT2D eigenvalue weighted by molar-refractivity contribution is 6.12. The minimum absolute atomic E-state index is 0.125. The van der Waals surface area contributed by atoms with Gasteiger partial charge in [0.25, 0.3) is 11.5 Å². The van der Waals surface area contributed by atoms with Gasteiger partial charge in [-0.25, -0.2) is 5.01 Å². The number of nitrogens with zero attached hydrogens (tertiary/aromatic N) is 4. The van der Waals surface area contributed by atoms with Crippen molar-refractivity contribution < 1.29 is 9.53 Å². The van der Waals surface area contributed by atoms with Crippen LogP contribution in [0.4, 0.5) is 0 Å². The van der Waals surface area contributed by atoms with Crippen molar-refractivity contribution in [2.75, 3.05) is 13.7 Å². The Morgan fingerprint density at radius 2 is 1.73 bits per heavy atom. The molecule has 182 valence electrons. The summed E-state index contributed by atoms with van der Waals surface area (Å²) in [6, 6.07) is 22.8. The van der Waals surface area contributed by atoms with Gasteiger partial charge < -0.3 is 9.72 Å². The second kappa shape index (κ2) is 9.40. The lowest BCUT2D eigenvalue weighted by Crippen LogP contribution is -2.30. The zero-order valence-electron chi connectivity index (χ0n) is 20.1. The standard InChI is InChI=1S/C29H23N5O3/c1-37-17-26(35)34-25(19-11-12-22-23(15-19)31-14-13-30-22)16-24(33-34)28-27(18-7-3-2-4-8-18)20-9-5-6-10-21(20)32-29(28)36/h2-15,25H,16-17H2,1H3,(H,32,36)/t25-/m1/s1. The lowest BCUT2D eigenvalue weighted by atomic mass is 9.91. The van der Waals surface area contributed by atoms with E-state index in [9.17, 15) is 9.59 Å². The summed E-state index contributed by atoms with van der Waals surface area (Å²) in [5.41, 5.74) is 5.53. The summed E-state index contributed by atoms with van der Waals surface area (Å²) in [6.07, 6.45) is 3.64. The number of ether oxygens (including phenoxy) is 1. The molecule has 0 radical (unpaired) electrons. The van der Waals surface area contributed by atoms with E-state index in [0.717, 1.165) is 38.6 Å². The van der Waals surface area contributed by atoms with Crippen LogP contribution in [0.15, 0.2) is 95.1 Å². The van der Waals surface area contributed by atoms with Crippen LogP contribution in [0.25, 0.3) is 33.1 Å². The topological polar surface area (TPSA) is 101 Å². The van der Waals surface area contributed by atoms with Gasteiger partial charge in [-0.15, -0.1) is 0 Å². The Labute approximate surface area is 212 Å². The Kier molecular flexibility index (Phi) is 5.78. The number of para-hydroxylation sites is 1. The molecule has 1 aliphatic rings. The number of aromatic nitrogens is 3. The number of amides is 1. The second-order valence-electron chi connectivity index (χ2n) is 8.86.